The molecule has 24 heavy (non-hydrogen) atoms. The Balaban J connectivity index is 1.79. The van der Waals surface area contributed by atoms with Crippen molar-refractivity contribution in [2.24, 2.45) is 5.73 Å². The third-order valence-electron chi connectivity index (χ3n) is 3.21. The number of halogens is 1. The summed E-state index contributed by atoms with van der Waals surface area (Å²) in [7, 11) is 0. The lowest BCUT2D eigenvalue weighted by atomic mass is 10.1. The Labute approximate surface area is 154 Å². The van der Waals surface area contributed by atoms with Gasteiger partial charge in [0.15, 0.2) is 0 Å². The van der Waals surface area contributed by atoms with E-state index in [1.807, 2.05) is 17.5 Å². The van der Waals surface area contributed by atoms with Crippen molar-refractivity contribution >= 4 is 50.4 Å². The predicted octanol–water partition coefficient (Wildman–Crippen LogP) is 3.59. The summed E-state index contributed by atoms with van der Waals surface area (Å²) in [5, 5.41) is 7.02. The maximum Gasteiger partial charge on any atom is 0.271 e. The molecule has 5 nitrogen and oxygen atoms in total. The van der Waals surface area contributed by atoms with E-state index in [1.165, 1.54) is 22.7 Å². The predicted molar refractivity (Wildman–Crippen MR) is 99.0 cm³/mol. The number of hydrogen-bond acceptors (Lipinski definition) is 5. The van der Waals surface area contributed by atoms with E-state index >= 15 is 0 Å². The third-order valence-corrected chi connectivity index (χ3v) is 5.91. The normalized spacial score (nSPS) is 11.9. The maximum atomic E-state index is 12.4. The number of nitrogens with one attached hydrogen (secondary N) is 1. The first-order valence-electron chi connectivity index (χ1n) is 6.89. The zero-order chi connectivity index (χ0) is 17.1. The van der Waals surface area contributed by atoms with Gasteiger partial charge in [0.25, 0.3) is 5.91 Å². The molecule has 0 radical (unpaired) electrons. The van der Waals surface area contributed by atoms with Gasteiger partial charge in [-0.05, 0) is 27.6 Å². The average molecular weight is 422 g/mol. The minimum atomic E-state index is -0.889. The molecule has 0 spiro atoms. The first-order chi connectivity index (χ1) is 11.5. The van der Waals surface area contributed by atoms with Crippen LogP contribution in [-0.4, -0.2) is 16.8 Å². The minimum Gasteiger partial charge on any atom is -0.368 e. The van der Waals surface area contributed by atoms with Gasteiger partial charge in [0, 0.05) is 15.2 Å². The number of thiophene rings is 1. The zero-order valence-electron chi connectivity index (χ0n) is 12.2. The summed E-state index contributed by atoms with van der Waals surface area (Å²) in [4.78, 5) is 29.4. The Morgan fingerprint density at radius 2 is 1.92 bits per heavy atom. The van der Waals surface area contributed by atoms with Gasteiger partial charge in [-0.25, -0.2) is 4.98 Å². The number of amides is 2. The molecule has 0 unspecified atom stereocenters. The molecule has 8 heteroatoms. The number of aromatic nitrogens is 1. The van der Waals surface area contributed by atoms with Gasteiger partial charge in [-0.2, -0.15) is 0 Å². The Bertz CT molecular complexity index is 876. The number of benzene rings is 1. The summed E-state index contributed by atoms with van der Waals surface area (Å²) in [6.45, 7) is 0. The van der Waals surface area contributed by atoms with Crippen molar-refractivity contribution in [2.75, 3.05) is 0 Å². The van der Waals surface area contributed by atoms with Crippen molar-refractivity contribution in [1.82, 2.24) is 10.3 Å². The number of carbonyl (C=O) groups is 2. The van der Waals surface area contributed by atoms with E-state index in [0.29, 0.717) is 5.56 Å². The molecule has 3 rings (SSSR count). The lowest BCUT2D eigenvalue weighted by Gasteiger charge is -2.14. The van der Waals surface area contributed by atoms with Crippen molar-refractivity contribution in [3.63, 3.8) is 0 Å². The van der Waals surface area contributed by atoms with E-state index in [4.69, 9.17) is 5.73 Å². The average Bonchev–Trinajstić information content (AvgIpc) is 3.21. The molecule has 3 N–H and O–H groups in total. The summed E-state index contributed by atoms with van der Waals surface area (Å²) in [6, 6.07) is 9.94. The fourth-order valence-corrected chi connectivity index (χ4v) is 4.39. The second-order valence-corrected chi connectivity index (χ2v) is 7.57. The van der Waals surface area contributed by atoms with Gasteiger partial charge in [-0.3, -0.25) is 9.59 Å². The fraction of sp³-hybridized carbons (Fsp3) is 0.0625. The molecular formula is C16H12BrN3O2S2. The smallest absolute Gasteiger partial charge is 0.271 e. The van der Waals surface area contributed by atoms with Crippen LogP contribution in [0.2, 0.25) is 0 Å². The molecule has 122 valence electrons. The number of thiazole rings is 1. The van der Waals surface area contributed by atoms with Gasteiger partial charge in [-0.15, -0.1) is 22.7 Å². The summed E-state index contributed by atoms with van der Waals surface area (Å²) in [6.07, 6.45) is 0. The second kappa shape index (κ2) is 7.25. The van der Waals surface area contributed by atoms with Crippen molar-refractivity contribution in [3.8, 4) is 9.88 Å². The third kappa shape index (κ3) is 3.72. The first-order valence-corrected chi connectivity index (χ1v) is 9.45. The van der Waals surface area contributed by atoms with Gasteiger partial charge >= 0.3 is 0 Å². The number of nitrogens with zero attached hydrogens (tertiary/aromatic N) is 1. The SMILES string of the molecule is NC(=O)[C@H](NC(=O)c1csc(-c2cc(Br)cs2)n1)c1ccccc1. The molecule has 0 aliphatic rings. The fourth-order valence-electron chi connectivity index (χ4n) is 2.09. The molecule has 1 atom stereocenters. The summed E-state index contributed by atoms with van der Waals surface area (Å²) >= 11 is 6.31. The standard InChI is InChI=1S/C16H12BrN3O2S2/c17-10-6-12(23-7-10)16-19-11(8-24-16)15(22)20-13(14(18)21)9-4-2-1-3-5-9/h1-8,13H,(H2,18,21)(H,20,22)/t13-/m1/s1. The van der Waals surface area contributed by atoms with E-state index in [1.54, 1.807) is 29.6 Å². The highest BCUT2D eigenvalue weighted by atomic mass is 79.9. The van der Waals surface area contributed by atoms with E-state index in [0.717, 1.165) is 14.4 Å². The summed E-state index contributed by atoms with van der Waals surface area (Å²) < 4.78 is 0.974. The lowest BCUT2D eigenvalue weighted by molar-refractivity contribution is -0.120. The quantitative estimate of drug-likeness (QED) is 0.659. The van der Waals surface area contributed by atoms with Gasteiger partial charge in [0.2, 0.25) is 5.91 Å². The van der Waals surface area contributed by atoms with Crippen LogP contribution < -0.4 is 11.1 Å². The number of primary amides is 1. The number of hydrogen-bond donors (Lipinski definition) is 2. The van der Waals surface area contributed by atoms with E-state index in [9.17, 15) is 9.59 Å². The van der Waals surface area contributed by atoms with Crippen molar-refractivity contribution in [2.45, 2.75) is 6.04 Å². The van der Waals surface area contributed by atoms with E-state index in [-0.39, 0.29) is 5.69 Å². The molecule has 0 fully saturated rings. The van der Waals surface area contributed by atoms with Crippen molar-refractivity contribution < 1.29 is 9.59 Å². The molecule has 2 heterocycles. The molecule has 2 amide bonds. The number of nitrogens with two attached hydrogens (primary N) is 1. The van der Waals surface area contributed by atoms with Gasteiger partial charge in [-0.1, -0.05) is 30.3 Å². The van der Waals surface area contributed by atoms with Crippen LogP contribution in [-0.2, 0) is 4.79 Å². The molecule has 3 aromatic rings. The van der Waals surface area contributed by atoms with Crippen LogP contribution in [0.1, 0.15) is 22.1 Å². The molecule has 0 bridgehead atoms. The van der Waals surface area contributed by atoms with Crippen LogP contribution in [0.15, 0.2) is 51.6 Å². The molecule has 0 saturated carbocycles. The van der Waals surface area contributed by atoms with E-state index in [2.05, 4.69) is 26.2 Å². The van der Waals surface area contributed by atoms with E-state index < -0.39 is 17.9 Å². The Morgan fingerprint density at radius 1 is 1.17 bits per heavy atom. The lowest BCUT2D eigenvalue weighted by Crippen LogP contribution is -2.37. The molecule has 0 aliphatic heterocycles. The van der Waals surface area contributed by atoms with Crippen molar-refractivity contribution in [1.29, 1.82) is 0 Å². The Morgan fingerprint density at radius 3 is 2.54 bits per heavy atom. The largest absolute Gasteiger partial charge is 0.368 e. The highest BCUT2D eigenvalue weighted by Gasteiger charge is 2.22. The highest BCUT2D eigenvalue weighted by molar-refractivity contribution is 9.10. The molecular weight excluding hydrogens is 410 g/mol. The second-order valence-electron chi connectivity index (χ2n) is 4.89. The summed E-state index contributed by atoms with van der Waals surface area (Å²) in [5.74, 6) is -1.05. The zero-order valence-corrected chi connectivity index (χ0v) is 15.5. The van der Waals surface area contributed by atoms with Gasteiger partial charge < -0.3 is 11.1 Å². The number of rotatable bonds is 5. The highest BCUT2D eigenvalue weighted by Crippen LogP contribution is 2.32. The van der Waals surface area contributed by atoms with Gasteiger partial charge in [0.1, 0.15) is 16.7 Å². The molecule has 0 aliphatic carbocycles. The topological polar surface area (TPSA) is 85.1 Å². The monoisotopic (exact) mass is 421 g/mol. The minimum absolute atomic E-state index is 0.265. The van der Waals surface area contributed by atoms with Crippen molar-refractivity contribution in [3.05, 3.63) is 62.9 Å². The first kappa shape index (κ1) is 16.8. The van der Waals surface area contributed by atoms with Crippen LogP contribution in [0.5, 0.6) is 0 Å². The molecule has 2 aromatic heterocycles. The summed E-state index contributed by atoms with van der Waals surface area (Å²) in [5.41, 5.74) is 6.32. The Kier molecular flexibility index (Phi) is 5.08. The molecule has 0 saturated heterocycles. The van der Waals surface area contributed by atoms with Crippen LogP contribution in [0.4, 0.5) is 0 Å². The van der Waals surface area contributed by atoms with Crippen LogP contribution in [0, 0.1) is 0 Å². The molecule has 1 aromatic carbocycles. The van der Waals surface area contributed by atoms with Crippen LogP contribution >= 0.6 is 38.6 Å². The van der Waals surface area contributed by atoms with Crippen LogP contribution in [0.3, 0.4) is 0 Å². The number of carbonyl (C=O) groups excluding carboxylic acids is 2. The Hall–Kier alpha value is -2.03. The van der Waals surface area contributed by atoms with Gasteiger partial charge in [0.05, 0.1) is 4.88 Å². The van der Waals surface area contributed by atoms with Crippen LogP contribution in [0.25, 0.3) is 9.88 Å². The maximum absolute atomic E-state index is 12.4.